The zero-order chi connectivity index (χ0) is 13.0. The Morgan fingerprint density at radius 1 is 1.44 bits per heavy atom. The fraction of sp³-hybridized carbons (Fsp3) is 0.154. The molecule has 0 radical (unpaired) electrons. The lowest BCUT2D eigenvalue weighted by molar-refractivity contribution is -0.114. The molecule has 0 saturated heterocycles. The predicted octanol–water partition coefficient (Wildman–Crippen LogP) is 1.76. The quantitative estimate of drug-likeness (QED) is 0.888. The third-order valence-corrected chi connectivity index (χ3v) is 2.45. The molecule has 1 heterocycles. The van der Waals surface area contributed by atoms with Crippen molar-refractivity contribution in [1.82, 2.24) is 9.55 Å². The van der Waals surface area contributed by atoms with E-state index in [0.717, 1.165) is 5.56 Å². The number of imidazole rings is 1. The summed E-state index contributed by atoms with van der Waals surface area (Å²) in [5.41, 5.74) is 1.67. The van der Waals surface area contributed by atoms with Crippen molar-refractivity contribution in [3.05, 3.63) is 47.9 Å². The van der Waals surface area contributed by atoms with Gasteiger partial charge in [0, 0.05) is 6.92 Å². The molecular formula is C13H12N4O. The first-order valence-corrected chi connectivity index (χ1v) is 5.46. The van der Waals surface area contributed by atoms with Crippen molar-refractivity contribution >= 4 is 11.7 Å². The summed E-state index contributed by atoms with van der Waals surface area (Å²) in [6, 6.07) is 9.38. The van der Waals surface area contributed by atoms with Crippen molar-refractivity contribution in [2.24, 2.45) is 0 Å². The van der Waals surface area contributed by atoms with E-state index < -0.39 is 0 Å². The Morgan fingerprint density at radius 2 is 2.17 bits per heavy atom. The van der Waals surface area contributed by atoms with E-state index in [0.29, 0.717) is 17.9 Å². The molecule has 18 heavy (non-hydrogen) atoms. The molecule has 1 aromatic heterocycles. The number of carbonyl (C=O) groups excluding carboxylic acids is 1. The van der Waals surface area contributed by atoms with E-state index in [9.17, 15) is 4.79 Å². The SMILES string of the molecule is CC(=O)Nc1cncn1Cc1ccc(C#N)cc1. The van der Waals surface area contributed by atoms with Gasteiger partial charge in [-0.1, -0.05) is 12.1 Å². The highest BCUT2D eigenvalue weighted by atomic mass is 16.1. The zero-order valence-electron chi connectivity index (χ0n) is 9.92. The van der Waals surface area contributed by atoms with Crippen molar-refractivity contribution in [1.29, 1.82) is 5.26 Å². The van der Waals surface area contributed by atoms with Crippen LogP contribution >= 0.6 is 0 Å². The number of rotatable bonds is 3. The van der Waals surface area contributed by atoms with Crippen LogP contribution in [0.4, 0.5) is 5.82 Å². The maximum Gasteiger partial charge on any atom is 0.222 e. The lowest BCUT2D eigenvalue weighted by Crippen LogP contribution is -2.11. The van der Waals surface area contributed by atoms with Gasteiger partial charge in [-0.3, -0.25) is 4.79 Å². The van der Waals surface area contributed by atoms with E-state index in [4.69, 9.17) is 5.26 Å². The summed E-state index contributed by atoms with van der Waals surface area (Å²) >= 11 is 0. The van der Waals surface area contributed by atoms with Crippen molar-refractivity contribution in [3.63, 3.8) is 0 Å². The Balaban J connectivity index is 2.16. The van der Waals surface area contributed by atoms with Gasteiger partial charge in [-0.05, 0) is 17.7 Å². The van der Waals surface area contributed by atoms with Gasteiger partial charge in [-0.2, -0.15) is 5.26 Å². The standard InChI is InChI=1S/C13H12N4O/c1-10(18)16-13-7-15-9-17(13)8-12-4-2-11(6-14)3-5-12/h2-5,7,9H,8H2,1H3,(H,16,18). The largest absolute Gasteiger partial charge is 0.313 e. The van der Waals surface area contributed by atoms with Crippen LogP contribution in [0, 0.1) is 11.3 Å². The Morgan fingerprint density at radius 3 is 2.78 bits per heavy atom. The molecular weight excluding hydrogens is 228 g/mol. The monoisotopic (exact) mass is 240 g/mol. The summed E-state index contributed by atoms with van der Waals surface area (Å²) in [5.74, 6) is 0.531. The van der Waals surface area contributed by atoms with Crippen molar-refractivity contribution in [3.8, 4) is 6.07 Å². The summed E-state index contributed by atoms with van der Waals surface area (Å²) in [7, 11) is 0. The molecule has 1 aromatic carbocycles. The second-order valence-corrected chi connectivity index (χ2v) is 3.90. The number of carbonyl (C=O) groups is 1. The highest BCUT2D eigenvalue weighted by Crippen LogP contribution is 2.11. The highest BCUT2D eigenvalue weighted by molar-refractivity contribution is 5.87. The summed E-state index contributed by atoms with van der Waals surface area (Å²) < 4.78 is 1.84. The zero-order valence-corrected chi connectivity index (χ0v) is 9.92. The van der Waals surface area contributed by atoms with E-state index in [1.165, 1.54) is 6.92 Å². The molecule has 5 nitrogen and oxygen atoms in total. The molecule has 0 aliphatic carbocycles. The van der Waals surface area contributed by atoms with Crippen molar-refractivity contribution in [2.75, 3.05) is 5.32 Å². The Bertz CT molecular complexity index is 592. The topological polar surface area (TPSA) is 70.7 Å². The second-order valence-electron chi connectivity index (χ2n) is 3.90. The van der Waals surface area contributed by atoms with Gasteiger partial charge in [0.15, 0.2) is 0 Å². The van der Waals surface area contributed by atoms with Gasteiger partial charge in [-0.15, -0.1) is 0 Å². The number of aromatic nitrogens is 2. The maximum absolute atomic E-state index is 11.0. The van der Waals surface area contributed by atoms with Gasteiger partial charge in [-0.25, -0.2) is 4.98 Å². The average molecular weight is 240 g/mol. The number of hydrogen-bond donors (Lipinski definition) is 1. The van der Waals surface area contributed by atoms with Gasteiger partial charge < -0.3 is 9.88 Å². The Hall–Kier alpha value is -2.61. The number of anilines is 1. The van der Waals surface area contributed by atoms with Gasteiger partial charge in [0.2, 0.25) is 5.91 Å². The third-order valence-electron chi connectivity index (χ3n) is 2.45. The molecule has 0 bridgehead atoms. The average Bonchev–Trinajstić information content (AvgIpc) is 2.77. The van der Waals surface area contributed by atoms with E-state index in [1.54, 1.807) is 24.7 Å². The molecule has 90 valence electrons. The van der Waals surface area contributed by atoms with Crippen LogP contribution in [0.15, 0.2) is 36.8 Å². The molecule has 0 unspecified atom stereocenters. The predicted molar refractivity (Wildman–Crippen MR) is 66.8 cm³/mol. The number of amides is 1. The number of nitriles is 1. The first-order valence-electron chi connectivity index (χ1n) is 5.46. The molecule has 0 saturated carbocycles. The van der Waals surface area contributed by atoms with Gasteiger partial charge in [0.1, 0.15) is 5.82 Å². The van der Waals surface area contributed by atoms with Crippen molar-refractivity contribution < 1.29 is 4.79 Å². The number of benzene rings is 1. The number of nitrogens with zero attached hydrogens (tertiary/aromatic N) is 3. The van der Waals surface area contributed by atoms with E-state index in [-0.39, 0.29) is 5.91 Å². The molecule has 0 aliphatic heterocycles. The van der Waals surface area contributed by atoms with Gasteiger partial charge in [0.25, 0.3) is 0 Å². The first kappa shape index (κ1) is 11.9. The molecule has 0 atom stereocenters. The van der Waals surface area contributed by atoms with Crippen LogP contribution in [0.2, 0.25) is 0 Å². The van der Waals surface area contributed by atoms with E-state index in [2.05, 4.69) is 16.4 Å². The first-order chi connectivity index (χ1) is 8.69. The molecule has 2 rings (SSSR count). The van der Waals surface area contributed by atoms with Crippen LogP contribution in [0.5, 0.6) is 0 Å². The Labute approximate surface area is 105 Å². The summed E-state index contributed by atoms with van der Waals surface area (Å²) in [5, 5.41) is 11.4. The summed E-state index contributed by atoms with van der Waals surface area (Å²) in [6.45, 7) is 2.06. The van der Waals surface area contributed by atoms with E-state index >= 15 is 0 Å². The van der Waals surface area contributed by atoms with Crippen LogP contribution in [0.1, 0.15) is 18.1 Å². The van der Waals surface area contributed by atoms with Crippen molar-refractivity contribution in [2.45, 2.75) is 13.5 Å². The normalized spacial score (nSPS) is 9.78. The van der Waals surface area contributed by atoms with Crippen LogP contribution < -0.4 is 5.32 Å². The fourth-order valence-corrected chi connectivity index (χ4v) is 1.61. The van der Waals surface area contributed by atoms with Crippen LogP contribution in [0.25, 0.3) is 0 Å². The molecule has 5 heteroatoms. The minimum atomic E-state index is -0.128. The summed E-state index contributed by atoms with van der Waals surface area (Å²) in [6.07, 6.45) is 3.26. The third kappa shape index (κ3) is 2.74. The molecule has 1 N–H and O–H groups in total. The molecule has 0 aliphatic rings. The smallest absolute Gasteiger partial charge is 0.222 e. The second kappa shape index (κ2) is 5.15. The lowest BCUT2D eigenvalue weighted by Gasteiger charge is -2.08. The van der Waals surface area contributed by atoms with E-state index in [1.807, 2.05) is 16.7 Å². The molecule has 0 spiro atoms. The minimum absolute atomic E-state index is 0.128. The summed E-state index contributed by atoms with van der Waals surface area (Å²) in [4.78, 5) is 15.0. The minimum Gasteiger partial charge on any atom is -0.313 e. The van der Waals surface area contributed by atoms with Crippen LogP contribution in [-0.2, 0) is 11.3 Å². The number of hydrogen-bond acceptors (Lipinski definition) is 3. The fourth-order valence-electron chi connectivity index (χ4n) is 1.61. The number of nitrogens with one attached hydrogen (secondary N) is 1. The van der Waals surface area contributed by atoms with Gasteiger partial charge in [0.05, 0.1) is 30.7 Å². The molecule has 2 aromatic rings. The Kier molecular flexibility index (Phi) is 3.39. The molecule has 0 fully saturated rings. The lowest BCUT2D eigenvalue weighted by atomic mass is 10.1. The maximum atomic E-state index is 11.0. The van der Waals surface area contributed by atoms with Gasteiger partial charge >= 0.3 is 0 Å². The molecule has 1 amide bonds. The highest BCUT2D eigenvalue weighted by Gasteiger charge is 2.04. The van der Waals surface area contributed by atoms with Crippen LogP contribution in [-0.4, -0.2) is 15.5 Å². The van der Waals surface area contributed by atoms with Crippen LogP contribution in [0.3, 0.4) is 0 Å².